The van der Waals surface area contributed by atoms with Gasteiger partial charge in [-0.2, -0.15) is 0 Å². The number of carbonyl (C=O) groups is 2. The molecule has 1 fully saturated rings. The van der Waals surface area contributed by atoms with E-state index in [1.165, 1.54) is 12.7 Å². The standard InChI is InChI=1S/C16H22N2O4/c1-21-14-5-3-12(4-6-14)9-13-7-8-18(11-13)16(20)17-10-15(19)22-2/h3-6,13H,7-11H2,1-2H3,(H,17,20). The molecule has 1 aromatic carbocycles. The molecule has 1 aliphatic heterocycles. The van der Waals surface area contributed by atoms with E-state index >= 15 is 0 Å². The number of methoxy groups -OCH3 is 2. The highest BCUT2D eigenvalue weighted by Crippen LogP contribution is 2.22. The molecule has 1 aromatic rings. The molecule has 0 saturated carbocycles. The van der Waals surface area contributed by atoms with Crippen molar-refractivity contribution in [1.82, 2.24) is 10.2 Å². The fourth-order valence-electron chi connectivity index (χ4n) is 2.61. The molecule has 1 N–H and O–H groups in total. The smallest absolute Gasteiger partial charge is 0.325 e. The Balaban J connectivity index is 1.79. The molecule has 2 amide bonds. The first-order valence-electron chi connectivity index (χ1n) is 7.35. The average molecular weight is 306 g/mol. The van der Waals surface area contributed by atoms with Crippen LogP contribution in [0.5, 0.6) is 5.75 Å². The van der Waals surface area contributed by atoms with Gasteiger partial charge in [-0.3, -0.25) is 4.79 Å². The summed E-state index contributed by atoms with van der Waals surface area (Å²) in [6.07, 6.45) is 1.91. The second kappa shape index (κ2) is 7.68. The molecule has 1 heterocycles. The van der Waals surface area contributed by atoms with E-state index in [-0.39, 0.29) is 12.6 Å². The highest BCUT2D eigenvalue weighted by Gasteiger charge is 2.26. The van der Waals surface area contributed by atoms with Crippen LogP contribution in [0, 0.1) is 5.92 Å². The second-order valence-electron chi connectivity index (χ2n) is 5.39. The van der Waals surface area contributed by atoms with E-state index in [1.807, 2.05) is 12.1 Å². The van der Waals surface area contributed by atoms with Gasteiger partial charge in [-0.15, -0.1) is 0 Å². The highest BCUT2D eigenvalue weighted by molar-refractivity contribution is 5.80. The third kappa shape index (κ3) is 4.38. The fraction of sp³-hybridized carbons (Fsp3) is 0.500. The van der Waals surface area contributed by atoms with Crippen molar-refractivity contribution < 1.29 is 19.1 Å². The monoisotopic (exact) mass is 306 g/mol. The predicted octanol–water partition coefficient (Wildman–Crippen LogP) is 1.44. The van der Waals surface area contributed by atoms with Crippen molar-refractivity contribution in [2.24, 2.45) is 5.92 Å². The maximum atomic E-state index is 11.9. The highest BCUT2D eigenvalue weighted by atomic mass is 16.5. The second-order valence-corrected chi connectivity index (χ2v) is 5.39. The Hall–Kier alpha value is -2.24. The molecule has 0 aliphatic carbocycles. The molecule has 6 nitrogen and oxygen atoms in total. The molecule has 2 rings (SSSR count). The summed E-state index contributed by atoms with van der Waals surface area (Å²) in [5.74, 6) is 0.846. The fourth-order valence-corrected chi connectivity index (χ4v) is 2.61. The van der Waals surface area contributed by atoms with E-state index in [1.54, 1.807) is 12.0 Å². The first-order chi connectivity index (χ1) is 10.6. The molecule has 0 radical (unpaired) electrons. The van der Waals surface area contributed by atoms with E-state index < -0.39 is 5.97 Å². The number of carbonyl (C=O) groups excluding carboxylic acids is 2. The van der Waals surface area contributed by atoms with Crippen molar-refractivity contribution in [2.75, 3.05) is 33.9 Å². The van der Waals surface area contributed by atoms with E-state index in [4.69, 9.17) is 4.74 Å². The van der Waals surface area contributed by atoms with Crippen LogP contribution < -0.4 is 10.1 Å². The van der Waals surface area contributed by atoms with Gasteiger partial charge < -0.3 is 19.7 Å². The Kier molecular flexibility index (Phi) is 5.63. The first-order valence-corrected chi connectivity index (χ1v) is 7.35. The zero-order chi connectivity index (χ0) is 15.9. The third-order valence-electron chi connectivity index (χ3n) is 3.87. The number of urea groups is 1. The van der Waals surface area contributed by atoms with Crippen molar-refractivity contribution in [2.45, 2.75) is 12.8 Å². The van der Waals surface area contributed by atoms with Crippen LogP contribution in [0.15, 0.2) is 24.3 Å². The number of nitrogens with one attached hydrogen (secondary N) is 1. The van der Waals surface area contributed by atoms with Crippen LogP contribution in [0.1, 0.15) is 12.0 Å². The van der Waals surface area contributed by atoms with Gasteiger partial charge in [0, 0.05) is 13.1 Å². The van der Waals surface area contributed by atoms with Gasteiger partial charge in [-0.05, 0) is 36.5 Å². The van der Waals surface area contributed by atoms with Crippen molar-refractivity contribution >= 4 is 12.0 Å². The molecular weight excluding hydrogens is 284 g/mol. The minimum absolute atomic E-state index is 0.0883. The summed E-state index contributed by atoms with van der Waals surface area (Å²) in [5, 5.41) is 2.57. The number of rotatable bonds is 5. The Morgan fingerprint density at radius 3 is 2.64 bits per heavy atom. The molecule has 120 valence electrons. The number of ether oxygens (including phenoxy) is 2. The minimum Gasteiger partial charge on any atom is -0.497 e. The number of likely N-dealkylation sites (tertiary alicyclic amines) is 1. The Morgan fingerprint density at radius 2 is 2.00 bits per heavy atom. The molecule has 1 atom stereocenters. The third-order valence-corrected chi connectivity index (χ3v) is 3.87. The summed E-state index contributed by atoms with van der Waals surface area (Å²) in [4.78, 5) is 24.7. The number of nitrogens with zero attached hydrogens (tertiary/aromatic N) is 1. The average Bonchev–Trinajstić information content (AvgIpc) is 3.01. The zero-order valence-electron chi connectivity index (χ0n) is 13.0. The van der Waals surface area contributed by atoms with Crippen LogP contribution in [0.2, 0.25) is 0 Å². The SMILES string of the molecule is COC(=O)CNC(=O)N1CCC(Cc2ccc(OC)cc2)C1. The predicted molar refractivity (Wildman–Crippen MR) is 81.8 cm³/mol. The van der Waals surface area contributed by atoms with Gasteiger partial charge in [0.25, 0.3) is 0 Å². The normalized spacial score (nSPS) is 17.2. The molecule has 1 aliphatic rings. The molecular formula is C16H22N2O4. The molecule has 0 bridgehead atoms. The molecule has 1 unspecified atom stereocenters. The lowest BCUT2D eigenvalue weighted by Crippen LogP contribution is -2.41. The lowest BCUT2D eigenvalue weighted by atomic mass is 9.99. The summed E-state index contributed by atoms with van der Waals surface area (Å²) in [6, 6.07) is 7.80. The van der Waals surface area contributed by atoms with Crippen LogP contribution in [-0.2, 0) is 16.0 Å². The van der Waals surface area contributed by atoms with Crippen LogP contribution in [0.3, 0.4) is 0 Å². The van der Waals surface area contributed by atoms with Crippen molar-refractivity contribution in [3.8, 4) is 5.75 Å². The van der Waals surface area contributed by atoms with E-state index in [0.29, 0.717) is 19.0 Å². The molecule has 22 heavy (non-hydrogen) atoms. The van der Waals surface area contributed by atoms with Gasteiger partial charge in [0.1, 0.15) is 12.3 Å². The summed E-state index contributed by atoms with van der Waals surface area (Å²) in [5.41, 5.74) is 1.24. The number of hydrogen-bond acceptors (Lipinski definition) is 4. The van der Waals surface area contributed by atoms with Gasteiger partial charge in [-0.25, -0.2) is 4.79 Å². The summed E-state index contributed by atoms with van der Waals surface area (Å²) >= 11 is 0. The number of hydrogen-bond donors (Lipinski definition) is 1. The van der Waals surface area contributed by atoms with Gasteiger partial charge in [0.05, 0.1) is 14.2 Å². The minimum atomic E-state index is -0.442. The molecule has 0 spiro atoms. The molecule has 6 heteroatoms. The largest absolute Gasteiger partial charge is 0.497 e. The van der Waals surface area contributed by atoms with E-state index in [0.717, 1.165) is 18.6 Å². The lowest BCUT2D eigenvalue weighted by Gasteiger charge is -2.17. The van der Waals surface area contributed by atoms with Crippen LogP contribution in [0.25, 0.3) is 0 Å². The Morgan fingerprint density at radius 1 is 1.27 bits per heavy atom. The van der Waals surface area contributed by atoms with Crippen LogP contribution >= 0.6 is 0 Å². The van der Waals surface area contributed by atoms with Crippen molar-refractivity contribution in [3.05, 3.63) is 29.8 Å². The van der Waals surface area contributed by atoms with Gasteiger partial charge in [0.15, 0.2) is 0 Å². The first kappa shape index (κ1) is 16.1. The summed E-state index contributed by atoms with van der Waals surface area (Å²) < 4.78 is 9.64. The Bertz CT molecular complexity index is 515. The lowest BCUT2D eigenvalue weighted by molar-refractivity contribution is -0.139. The van der Waals surface area contributed by atoms with Gasteiger partial charge in [0.2, 0.25) is 0 Å². The van der Waals surface area contributed by atoms with Crippen molar-refractivity contribution in [1.29, 1.82) is 0 Å². The van der Waals surface area contributed by atoms with E-state index in [2.05, 4.69) is 22.2 Å². The van der Waals surface area contributed by atoms with E-state index in [9.17, 15) is 9.59 Å². The number of amides is 2. The molecule has 1 saturated heterocycles. The maximum Gasteiger partial charge on any atom is 0.325 e. The quantitative estimate of drug-likeness (QED) is 0.836. The van der Waals surface area contributed by atoms with Crippen molar-refractivity contribution in [3.63, 3.8) is 0 Å². The Labute approximate surface area is 130 Å². The van der Waals surface area contributed by atoms with Gasteiger partial charge in [-0.1, -0.05) is 12.1 Å². The maximum absolute atomic E-state index is 11.9. The van der Waals surface area contributed by atoms with Gasteiger partial charge >= 0.3 is 12.0 Å². The summed E-state index contributed by atoms with van der Waals surface area (Å²) in [7, 11) is 2.95. The summed E-state index contributed by atoms with van der Waals surface area (Å²) in [6.45, 7) is 1.34. The molecule has 0 aromatic heterocycles. The number of benzene rings is 1. The van der Waals surface area contributed by atoms with Crippen LogP contribution in [-0.4, -0.2) is 50.8 Å². The number of esters is 1. The zero-order valence-corrected chi connectivity index (χ0v) is 13.0. The van der Waals surface area contributed by atoms with Crippen LogP contribution in [0.4, 0.5) is 4.79 Å². The topological polar surface area (TPSA) is 67.9 Å².